The summed E-state index contributed by atoms with van der Waals surface area (Å²) in [7, 11) is 0. The molecule has 0 aliphatic heterocycles. The summed E-state index contributed by atoms with van der Waals surface area (Å²) in [5, 5.41) is 9.47. The summed E-state index contributed by atoms with van der Waals surface area (Å²) in [4.78, 5) is 16.6. The van der Waals surface area contributed by atoms with E-state index in [2.05, 4.69) is 27.9 Å². The summed E-state index contributed by atoms with van der Waals surface area (Å²) in [6.07, 6.45) is 3.02. The summed E-state index contributed by atoms with van der Waals surface area (Å²) in [5.41, 5.74) is 1.76. The molecule has 0 spiro atoms. The maximum absolute atomic E-state index is 12.0. The number of hydrogen-bond acceptors (Lipinski definition) is 3. The van der Waals surface area contributed by atoms with E-state index in [-0.39, 0.29) is 5.91 Å². The van der Waals surface area contributed by atoms with E-state index in [1.807, 2.05) is 38.1 Å². The maximum Gasteiger partial charge on any atom is 0.251 e. The van der Waals surface area contributed by atoms with E-state index >= 15 is 0 Å². The van der Waals surface area contributed by atoms with Crippen LogP contribution in [0.2, 0.25) is 0 Å². The van der Waals surface area contributed by atoms with Gasteiger partial charge in [0.2, 0.25) is 0 Å². The second-order valence-electron chi connectivity index (χ2n) is 5.98. The lowest BCUT2D eigenvalue weighted by Crippen LogP contribution is -2.38. The molecular formula is C20H34N4O2. The molecule has 6 nitrogen and oxygen atoms in total. The zero-order chi connectivity index (χ0) is 19.0. The number of benzene rings is 1. The van der Waals surface area contributed by atoms with Gasteiger partial charge in [-0.05, 0) is 44.4 Å². The highest BCUT2D eigenvalue weighted by Crippen LogP contribution is 2.06. The zero-order valence-corrected chi connectivity index (χ0v) is 16.4. The van der Waals surface area contributed by atoms with Gasteiger partial charge < -0.3 is 20.7 Å². The third-order valence-corrected chi connectivity index (χ3v) is 3.76. The van der Waals surface area contributed by atoms with Gasteiger partial charge in [0.05, 0.1) is 6.54 Å². The van der Waals surface area contributed by atoms with Crippen molar-refractivity contribution in [3.8, 4) is 0 Å². The van der Waals surface area contributed by atoms with E-state index < -0.39 is 0 Å². The molecule has 3 N–H and O–H groups in total. The van der Waals surface area contributed by atoms with Gasteiger partial charge in [-0.2, -0.15) is 0 Å². The van der Waals surface area contributed by atoms with Crippen molar-refractivity contribution in [3.05, 3.63) is 35.4 Å². The number of ether oxygens (including phenoxy) is 1. The maximum atomic E-state index is 12.0. The van der Waals surface area contributed by atoms with Gasteiger partial charge >= 0.3 is 0 Å². The first-order chi connectivity index (χ1) is 12.7. The van der Waals surface area contributed by atoms with Crippen molar-refractivity contribution in [1.82, 2.24) is 16.0 Å². The first-order valence-electron chi connectivity index (χ1n) is 9.68. The van der Waals surface area contributed by atoms with Crippen molar-refractivity contribution in [1.29, 1.82) is 0 Å². The molecule has 0 bridgehead atoms. The van der Waals surface area contributed by atoms with E-state index in [1.165, 1.54) is 0 Å². The Hall–Kier alpha value is -2.08. The summed E-state index contributed by atoms with van der Waals surface area (Å²) < 4.78 is 5.33. The third kappa shape index (κ3) is 9.42. The van der Waals surface area contributed by atoms with E-state index in [0.29, 0.717) is 12.1 Å². The molecule has 1 aromatic rings. The first-order valence-corrected chi connectivity index (χ1v) is 9.68. The van der Waals surface area contributed by atoms with Crippen LogP contribution in [0.4, 0.5) is 0 Å². The van der Waals surface area contributed by atoms with Crippen LogP contribution in [-0.4, -0.2) is 44.7 Å². The van der Waals surface area contributed by atoms with Crippen molar-refractivity contribution in [2.24, 2.45) is 4.99 Å². The van der Waals surface area contributed by atoms with Crippen LogP contribution in [0, 0.1) is 0 Å². The minimum Gasteiger partial charge on any atom is -0.382 e. The molecule has 0 heterocycles. The molecule has 0 saturated carbocycles. The third-order valence-electron chi connectivity index (χ3n) is 3.76. The standard InChI is InChI=1S/C20H34N4O2/c1-4-7-13-22-19(25)18-11-9-17(10-12-18)16-24-20(21-5-2)23-14-8-15-26-6-3/h9-12H,4-8,13-16H2,1-3H3,(H,22,25)(H2,21,23,24). The number of nitrogens with zero attached hydrogens (tertiary/aromatic N) is 1. The lowest BCUT2D eigenvalue weighted by Gasteiger charge is -2.11. The average Bonchev–Trinajstić information content (AvgIpc) is 2.66. The van der Waals surface area contributed by atoms with Gasteiger partial charge in [-0.25, -0.2) is 4.99 Å². The van der Waals surface area contributed by atoms with Crippen LogP contribution in [0.15, 0.2) is 29.3 Å². The molecule has 1 aromatic carbocycles. The van der Waals surface area contributed by atoms with E-state index in [1.54, 1.807) is 0 Å². The number of nitrogens with one attached hydrogen (secondary N) is 3. The van der Waals surface area contributed by atoms with Crippen LogP contribution in [0.3, 0.4) is 0 Å². The number of rotatable bonds is 12. The fourth-order valence-electron chi connectivity index (χ4n) is 2.28. The highest BCUT2D eigenvalue weighted by Gasteiger charge is 2.04. The normalized spacial score (nSPS) is 11.3. The molecule has 0 aromatic heterocycles. The second-order valence-corrected chi connectivity index (χ2v) is 5.98. The smallest absolute Gasteiger partial charge is 0.251 e. The van der Waals surface area contributed by atoms with Gasteiger partial charge in [-0.1, -0.05) is 25.5 Å². The Kier molecular flexibility index (Phi) is 11.9. The number of carbonyl (C=O) groups excluding carboxylic acids is 1. The highest BCUT2D eigenvalue weighted by atomic mass is 16.5. The van der Waals surface area contributed by atoms with Gasteiger partial charge in [-0.15, -0.1) is 0 Å². The van der Waals surface area contributed by atoms with Crippen molar-refractivity contribution in [2.75, 3.05) is 32.8 Å². The SMILES string of the molecule is CCCCNC(=O)c1ccc(CN=C(NCC)NCCCOCC)cc1. The monoisotopic (exact) mass is 362 g/mol. The number of hydrogen-bond donors (Lipinski definition) is 3. The topological polar surface area (TPSA) is 74.8 Å². The number of unbranched alkanes of at least 4 members (excludes halogenated alkanes) is 1. The number of carbonyl (C=O) groups is 1. The molecule has 6 heteroatoms. The van der Waals surface area contributed by atoms with Crippen molar-refractivity contribution in [3.63, 3.8) is 0 Å². The van der Waals surface area contributed by atoms with Crippen LogP contribution >= 0.6 is 0 Å². The van der Waals surface area contributed by atoms with E-state index in [0.717, 1.165) is 63.6 Å². The Morgan fingerprint density at radius 2 is 1.73 bits per heavy atom. The van der Waals surface area contributed by atoms with Crippen LogP contribution in [-0.2, 0) is 11.3 Å². The molecule has 0 aliphatic rings. The number of guanidine groups is 1. The zero-order valence-electron chi connectivity index (χ0n) is 16.4. The average molecular weight is 363 g/mol. The Balaban J connectivity index is 2.48. The quantitative estimate of drug-likeness (QED) is 0.304. The van der Waals surface area contributed by atoms with Crippen molar-refractivity contribution >= 4 is 11.9 Å². The molecule has 0 aliphatic carbocycles. The largest absolute Gasteiger partial charge is 0.382 e. The molecule has 146 valence electrons. The lowest BCUT2D eigenvalue weighted by atomic mass is 10.1. The predicted molar refractivity (Wildman–Crippen MR) is 108 cm³/mol. The molecule has 1 amide bonds. The predicted octanol–water partition coefficient (Wildman–Crippen LogP) is 2.70. The summed E-state index contributed by atoms with van der Waals surface area (Å²) in [6.45, 7) is 10.6. The summed E-state index contributed by atoms with van der Waals surface area (Å²) in [6, 6.07) is 7.62. The Morgan fingerprint density at radius 1 is 1.00 bits per heavy atom. The molecule has 0 fully saturated rings. The fourth-order valence-corrected chi connectivity index (χ4v) is 2.28. The van der Waals surface area contributed by atoms with Crippen LogP contribution in [0.5, 0.6) is 0 Å². The van der Waals surface area contributed by atoms with Gasteiger partial charge in [0.15, 0.2) is 5.96 Å². The van der Waals surface area contributed by atoms with Crippen molar-refractivity contribution in [2.45, 2.75) is 46.6 Å². The summed E-state index contributed by atoms with van der Waals surface area (Å²) >= 11 is 0. The van der Waals surface area contributed by atoms with Crippen LogP contribution in [0.25, 0.3) is 0 Å². The highest BCUT2D eigenvalue weighted by molar-refractivity contribution is 5.94. The van der Waals surface area contributed by atoms with Crippen LogP contribution < -0.4 is 16.0 Å². The molecule has 0 atom stereocenters. The Bertz CT molecular complexity index is 529. The molecule has 0 unspecified atom stereocenters. The minimum absolute atomic E-state index is 0.0159. The molecular weight excluding hydrogens is 328 g/mol. The molecule has 0 radical (unpaired) electrons. The minimum atomic E-state index is -0.0159. The molecule has 26 heavy (non-hydrogen) atoms. The van der Waals surface area contributed by atoms with Gasteiger partial charge in [0, 0.05) is 38.4 Å². The Morgan fingerprint density at radius 3 is 2.38 bits per heavy atom. The van der Waals surface area contributed by atoms with Crippen molar-refractivity contribution < 1.29 is 9.53 Å². The van der Waals surface area contributed by atoms with Gasteiger partial charge in [-0.3, -0.25) is 4.79 Å². The van der Waals surface area contributed by atoms with Crippen LogP contribution in [0.1, 0.15) is 56.0 Å². The summed E-state index contributed by atoms with van der Waals surface area (Å²) in [5.74, 6) is 0.781. The Labute approximate surface area is 157 Å². The number of aliphatic imine (C=N–C) groups is 1. The molecule has 1 rings (SSSR count). The van der Waals surface area contributed by atoms with Gasteiger partial charge in [0.25, 0.3) is 5.91 Å². The fraction of sp³-hybridized carbons (Fsp3) is 0.600. The van der Waals surface area contributed by atoms with Gasteiger partial charge in [0.1, 0.15) is 0 Å². The van der Waals surface area contributed by atoms with E-state index in [4.69, 9.17) is 4.74 Å². The lowest BCUT2D eigenvalue weighted by molar-refractivity contribution is 0.0953. The first kappa shape index (κ1) is 22.0. The second kappa shape index (κ2) is 14.1. The molecule has 0 saturated heterocycles. The number of amides is 1. The van der Waals surface area contributed by atoms with E-state index in [9.17, 15) is 4.79 Å².